The lowest BCUT2D eigenvalue weighted by atomic mass is 9.83. The average Bonchev–Trinajstić information content (AvgIpc) is 4.31. The number of fused-ring (bicyclic) bond motifs is 1. The molecule has 2 N–H and O–H groups in total. The van der Waals surface area contributed by atoms with E-state index in [2.05, 4.69) is 56.0 Å². The molecular formula is C66H83N9O10S. The number of carbonyl (C=O) groups excluding carboxylic acids is 3. The SMILES string of the molecule is COc1ccc(C#N)cc1-c1ccnc(Nc2ccc(N3CCN(C)CC3)c(OCCOCCOCCOCCOc3ccc(-c4csc([C@@H]5CCCN5C(=O)[C@@H](NC(=O)[C@H](C)N(C)C(=O)OC(C)(C)C)C5CCCCC5)n4)c4ccccc34)c2)c1. The molecular weight excluding hydrogens is 1110 g/mol. The zero-order chi connectivity index (χ0) is 60.6. The van der Waals surface area contributed by atoms with Crippen LogP contribution in [0.5, 0.6) is 17.2 Å². The first-order valence-corrected chi connectivity index (χ1v) is 31.0. The molecule has 0 unspecified atom stereocenters. The van der Waals surface area contributed by atoms with Gasteiger partial charge in [0.05, 0.1) is 75.8 Å². The number of aromatic nitrogens is 2. The molecule has 3 atom stereocenters. The van der Waals surface area contributed by atoms with Gasteiger partial charge in [0.2, 0.25) is 11.8 Å². The number of pyridine rings is 1. The Morgan fingerprint density at radius 1 is 0.767 bits per heavy atom. The number of nitrogens with zero attached hydrogens (tertiary/aromatic N) is 7. The van der Waals surface area contributed by atoms with E-state index in [0.717, 1.165) is 132 Å². The fourth-order valence-corrected chi connectivity index (χ4v) is 12.2. The molecule has 1 aliphatic carbocycles. The number of likely N-dealkylation sites (tertiary alicyclic amines) is 1. The van der Waals surface area contributed by atoms with Gasteiger partial charge in [-0.2, -0.15) is 5.26 Å². The third-order valence-electron chi connectivity index (χ3n) is 16.0. The molecule has 1 saturated carbocycles. The number of nitrogens with one attached hydrogen (secondary N) is 2. The Labute approximate surface area is 509 Å². The smallest absolute Gasteiger partial charge is 0.410 e. The lowest BCUT2D eigenvalue weighted by Crippen LogP contribution is -2.56. The number of anilines is 3. The van der Waals surface area contributed by atoms with Crippen LogP contribution in [0.2, 0.25) is 0 Å². The number of hydrogen-bond acceptors (Lipinski definition) is 17. The zero-order valence-corrected chi connectivity index (χ0v) is 51.6. The number of piperazine rings is 1. The quantitative estimate of drug-likeness (QED) is 0.0485. The number of amides is 3. The maximum atomic E-state index is 14.7. The lowest BCUT2D eigenvalue weighted by molar-refractivity contribution is -0.140. The van der Waals surface area contributed by atoms with Crippen LogP contribution >= 0.6 is 11.3 Å². The summed E-state index contributed by atoms with van der Waals surface area (Å²) < 4.78 is 41.4. The van der Waals surface area contributed by atoms with Crippen molar-refractivity contribution < 1.29 is 47.5 Å². The number of thiazole rings is 1. The highest BCUT2D eigenvalue weighted by Crippen LogP contribution is 2.41. The highest BCUT2D eigenvalue weighted by molar-refractivity contribution is 7.10. The van der Waals surface area contributed by atoms with Gasteiger partial charge in [0, 0.05) is 79.6 Å². The molecule has 9 rings (SSSR count). The van der Waals surface area contributed by atoms with Crippen LogP contribution in [0, 0.1) is 17.2 Å². The Kier molecular flexibility index (Phi) is 22.1. The van der Waals surface area contributed by atoms with Gasteiger partial charge in [-0.25, -0.2) is 14.8 Å². The lowest BCUT2D eigenvalue weighted by Gasteiger charge is -2.36. The predicted octanol–water partition coefficient (Wildman–Crippen LogP) is 10.9. The molecule has 86 heavy (non-hydrogen) atoms. The van der Waals surface area contributed by atoms with Crippen LogP contribution in [-0.2, 0) is 28.5 Å². The van der Waals surface area contributed by atoms with Gasteiger partial charge in [-0.15, -0.1) is 11.3 Å². The zero-order valence-electron chi connectivity index (χ0n) is 50.8. The normalized spacial score (nSPS) is 16.5. The summed E-state index contributed by atoms with van der Waals surface area (Å²) >= 11 is 1.56. The molecule has 3 amide bonds. The van der Waals surface area contributed by atoms with Gasteiger partial charge in [0.1, 0.15) is 59.0 Å². The summed E-state index contributed by atoms with van der Waals surface area (Å²) in [6, 6.07) is 27.9. The van der Waals surface area contributed by atoms with Crippen LogP contribution in [0.25, 0.3) is 33.2 Å². The van der Waals surface area contributed by atoms with Gasteiger partial charge in [-0.05, 0) is 132 Å². The Morgan fingerprint density at radius 3 is 2.15 bits per heavy atom. The number of carbonyl (C=O) groups is 3. The monoisotopic (exact) mass is 1190 g/mol. The Balaban J connectivity index is 0.714. The van der Waals surface area contributed by atoms with Crippen LogP contribution in [0.3, 0.4) is 0 Å². The maximum Gasteiger partial charge on any atom is 0.410 e. The van der Waals surface area contributed by atoms with Crippen LogP contribution in [0.15, 0.2) is 96.5 Å². The van der Waals surface area contributed by atoms with Crippen molar-refractivity contribution in [2.45, 2.75) is 96.4 Å². The van der Waals surface area contributed by atoms with E-state index in [1.807, 2.05) is 65.6 Å². The third-order valence-corrected chi connectivity index (χ3v) is 17.0. The van der Waals surface area contributed by atoms with Crippen LogP contribution in [0.4, 0.5) is 22.0 Å². The summed E-state index contributed by atoms with van der Waals surface area (Å²) in [6.45, 7) is 14.4. The second-order valence-corrected chi connectivity index (χ2v) is 24.0. The van der Waals surface area contributed by atoms with Crippen molar-refractivity contribution in [3.63, 3.8) is 0 Å². The molecule has 4 heterocycles. The van der Waals surface area contributed by atoms with E-state index in [4.69, 9.17) is 38.1 Å². The molecule has 2 aromatic heterocycles. The summed E-state index contributed by atoms with van der Waals surface area (Å²) in [5.74, 6) is 2.35. The van der Waals surface area contributed by atoms with E-state index < -0.39 is 23.8 Å². The second kappa shape index (κ2) is 30.2. The number of hydrogen-bond donors (Lipinski definition) is 2. The summed E-state index contributed by atoms with van der Waals surface area (Å²) in [4.78, 5) is 59.0. The number of nitriles is 1. The first-order chi connectivity index (χ1) is 41.7. The van der Waals surface area contributed by atoms with Crippen molar-refractivity contribution in [2.24, 2.45) is 5.92 Å². The van der Waals surface area contributed by atoms with Crippen molar-refractivity contribution >= 4 is 57.2 Å². The van der Waals surface area contributed by atoms with Crippen molar-refractivity contribution in [2.75, 3.05) is 117 Å². The fourth-order valence-electron chi connectivity index (χ4n) is 11.2. The molecule has 0 radical (unpaired) electrons. The van der Waals surface area contributed by atoms with E-state index >= 15 is 0 Å². The molecule has 6 aromatic rings. The second-order valence-electron chi connectivity index (χ2n) is 23.2. The Bertz CT molecular complexity index is 3280. The number of likely N-dealkylation sites (N-methyl/N-ethyl adjacent to an activating group) is 2. The van der Waals surface area contributed by atoms with Crippen molar-refractivity contribution in [1.82, 2.24) is 30.0 Å². The van der Waals surface area contributed by atoms with Gasteiger partial charge in [0.25, 0.3) is 0 Å². The van der Waals surface area contributed by atoms with E-state index in [9.17, 15) is 19.6 Å². The van der Waals surface area contributed by atoms with Crippen LogP contribution in [0.1, 0.15) is 89.3 Å². The van der Waals surface area contributed by atoms with Crippen LogP contribution in [-0.4, -0.2) is 167 Å². The molecule has 3 fully saturated rings. The molecule has 0 bridgehead atoms. The summed E-state index contributed by atoms with van der Waals surface area (Å²) in [7, 11) is 5.31. The van der Waals surface area contributed by atoms with Crippen LogP contribution < -0.4 is 29.7 Å². The molecule has 3 aliphatic rings. The maximum absolute atomic E-state index is 14.7. The Morgan fingerprint density at radius 2 is 1.45 bits per heavy atom. The number of ether oxygens (including phenoxy) is 7. The topological polar surface area (TPSA) is 202 Å². The van der Waals surface area contributed by atoms with Gasteiger partial charge in [-0.3, -0.25) is 14.5 Å². The average molecular weight is 1190 g/mol. The minimum Gasteiger partial charge on any atom is -0.496 e. The first-order valence-electron chi connectivity index (χ1n) is 30.1. The largest absolute Gasteiger partial charge is 0.496 e. The molecule has 2 saturated heterocycles. The van der Waals surface area contributed by atoms with E-state index in [0.29, 0.717) is 76.5 Å². The summed E-state index contributed by atoms with van der Waals surface area (Å²) in [5, 5.41) is 21.0. The minimum atomic E-state index is -0.836. The van der Waals surface area contributed by atoms with Crippen molar-refractivity contribution in [3.8, 4) is 45.7 Å². The summed E-state index contributed by atoms with van der Waals surface area (Å²) in [6.07, 6.45) is 7.58. The molecule has 0 spiro atoms. The van der Waals surface area contributed by atoms with Gasteiger partial charge in [-0.1, -0.05) is 43.5 Å². The number of methoxy groups -OCH3 is 1. The molecule has 2 aliphatic heterocycles. The Hall–Kier alpha value is -7.54. The molecule has 20 heteroatoms. The first kappa shape index (κ1) is 63.0. The fraction of sp³-hybridized carbons (Fsp3) is 0.485. The standard InChI is InChI=1S/C66H83N9O10S/c1-45(73(6)65(78)85-66(2,3)4)62(76)71-61(47-14-9-8-10-15-47)64(77)75-27-13-18-56(75)63-70-54(44-86-63)51-21-24-58(52-17-12-11-16-50(51)52)83-38-36-81-34-32-80-33-35-82-37-39-84-59-42-49(20-22-55(59)74-30-28-72(5)29-31-74)69-60-41-48(25-26-68-60)53-40-46(43-67)19-23-57(53)79-7/h11-12,16-17,19-26,40-42,44-45,47,56,61H,8-10,13-15,18,27-39H2,1-7H3,(H,68,69)(H,71,76)/t45-,56-,61-/m0/s1. The van der Waals surface area contributed by atoms with E-state index in [1.54, 1.807) is 71.5 Å². The highest BCUT2D eigenvalue weighted by atomic mass is 32.1. The third kappa shape index (κ3) is 16.5. The highest BCUT2D eigenvalue weighted by Gasteiger charge is 2.41. The number of rotatable bonds is 26. The van der Waals surface area contributed by atoms with Gasteiger partial charge >= 0.3 is 6.09 Å². The van der Waals surface area contributed by atoms with Crippen molar-refractivity contribution in [1.29, 1.82) is 5.26 Å². The van der Waals surface area contributed by atoms with E-state index in [-0.39, 0.29) is 23.8 Å². The van der Waals surface area contributed by atoms with Crippen molar-refractivity contribution in [3.05, 3.63) is 107 Å². The molecule has 4 aromatic carbocycles. The summed E-state index contributed by atoms with van der Waals surface area (Å²) in [5.41, 5.74) is 5.16. The number of benzene rings is 4. The van der Waals surface area contributed by atoms with E-state index in [1.165, 1.54) is 4.90 Å². The minimum absolute atomic E-state index is 0.00422. The molecule has 19 nitrogen and oxygen atoms in total. The predicted molar refractivity (Wildman–Crippen MR) is 335 cm³/mol. The van der Waals surface area contributed by atoms with Gasteiger partial charge < -0.3 is 58.5 Å². The molecule has 458 valence electrons. The van der Waals surface area contributed by atoms with Gasteiger partial charge in [0.15, 0.2) is 0 Å².